The van der Waals surface area contributed by atoms with Crippen LogP contribution in [0.15, 0.2) is 78.9 Å². The fraction of sp³-hybridized carbons (Fsp3) is 0.0500. The largest absolute Gasteiger partial charge is 0.481 e. The summed E-state index contributed by atoms with van der Waals surface area (Å²) in [4.78, 5) is 10.6. The van der Waals surface area contributed by atoms with Crippen LogP contribution in [0, 0.1) is 0 Å². The van der Waals surface area contributed by atoms with Gasteiger partial charge in [-0.2, -0.15) is 0 Å². The molecule has 0 aliphatic heterocycles. The molecule has 22 heavy (non-hydrogen) atoms. The van der Waals surface area contributed by atoms with Crippen LogP contribution in [0.5, 0.6) is 0 Å². The van der Waals surface area contributed by atoms with E-state index in [9.17, 15) is 4.79 Å². The molecule has 1 N–H and O–H groups in total. The Morgan fingerprint density at radius 1 is 0.773 bits per heavy atom. The first-order valence-corrected chi connectivity index (χ1v) is 7.11. The van der Waals surface area contributed by atoms with Crippen LogP contribution in [-0.4, -0.2) is 11.1 Å². The minimum absolute atomic E-state index is 0.0637. The number of carboxylic acid groups (broad SMARTS) is 1. The number of hydrogen-bond acceptors (Lipinski definition) is 1. The van der Waals surface area contributed by atoms with Gasteiger partial charge in [0.15, 0.2) is 0 Å². The first kappa shape index (κ1) is 15.5. The molecule has 0 amide bonds. The smallest absolute Gasteiger partial charge is 0.307 e. The van der Waals surface area contributed by atoms with E-state index in [4.69, 9.17) is 5.11 Å². The van der Waals surface area contributed by atoms with Crippen LogP contribution in [0.2, 0.25) is 0 Å². The van der Waals surface area contributed by atoms with E-state index in [1.54, 1.807) is 0 Å². The summed E-state index contributed by atoms with van der Waals surface area (Å²) < 4.78 is 0. The number of benzene rings is 2. The molecular weight excluding hydrogens is 272 g/mol. The maximum absolute atomic E-state index is 10.6. The SMILES string of the molecule is O=C(O)Cc1ccc(/C=C/C=C/C=C/c2ccccc2)cc1. The molecule has 0 atom stereocenters. The van der Waals surface area contributed by atoms with Crippen molar-refractivity contribution in [2.75, 3.05) is 0 Å². The molecule has 0 spiro atoms. The molecular formula is C20H18O2. The highest BCUT2D eigenvalue weighted by atomic mass is 16.4. The molecule has 0 bridgehead atoms. The average molecular weight is 290 g/mol. The second-order valence-electron chi connectivity index (χ2n) is 4.83. The predicted octanol–water partition coefficient (Wildman–Crippen LogP) is 4.60. The van der Waals surface area contributed by atoms with Crippen LogP contribution >= 0.6 is 0 Å². The van der Waals surface area contributed by atoms with Crippen LogP contribution in [0.3, 0.4) is 0 Å². The summed E-state index contributed by atoms with van der Waals surface area (Å²) in [6.07, 6.45) is 12.0. The van der Waals surface area contributed by atoms with Crippen molar-refractivity contribution in [1.29, 1.82) is 0 Å². The van der Waals surface area contributed by atoms with Gasteiger partial charge in [0.25, 0.3) is 0 Å². The Hall–Kier alpha value is -2.87. The van der Waals surface area contributed by atoms with Crippen LogP contribution in [0.25, 0.3) is 12.2 Å². The van der Waals surface area contributed by atoms with Crippen molar-refractivity contribution < 1.29 is 9.90 Å². The van der Waals surface area contributed by atoms with E-state index in [-0.39, 0.29) is 6.42 Å². The van der Waals surface area contributed by atoms with Crippen molar-refractivity contribution in [2.24, 2.45) is 0 Å². The molecule has 2 nitrogen and oxygen atoms in total. The highest BCUT2D eigenvalue weighted by Gasteiger charge is 1.98. The summed E-state index contributed by atoms with van der Waals surface area (Å²) in [6, 6.07) is 17.6. The number of aliphatic carboxylic acids is 1. The topological polar surface area (TPSA) is 37.3 Å². The lowest BCUT2D eigenvalue weighted by atomic mass is 10.1. The Morgan fingerprint density at radius 3 is 1.86 bits per heavy atom. The van der Waals surface area contributed by atoms with E-state index in [2.05, 4.69) is 12.1 Å². The summed E-state index contributed by atoms with van der Waals surface area (Å²) in [5.74, 6) is -0.809. The fourth-order valence-electron chi connectivity index (χ4n) is 1.95. The number of carboxylic acids is 1. The van der Waals surface area contributed by atoms with Gasteiger partial charge in [-0.1, -0.05) is 91.1 Å². The summed E-state index contributed by atoms with van der Waals surface area (Å²) in [5, 5.41) is 8.71. The van der Waals surface area contributed by atoms with E-state index < -0.39 is 5.97 Å². The molecule has 0 heterocycles. The highest BCUT2D eigenvalue weighted by molar-refractivity contribution is 5.70. The van der Waals surface area contributed by atoms with Crippen molar-refractivity contribution in [2.45, 2.75) is 6.42 Å². The second kappa shape index (κ2) is 8.42. The van der Waals surface area contributed by atoms with Gasteiger partial charge in [-0.15, -0.1) is 0 Å². The van der Waals surface area contributed by atoms with E-state index in [0.29, 0.717) is 0 Å². The molecule has 2 rings (SSSR count). The Bertz CT molecular complexity index is 677. The fourth-order valence-corrected chi connectivity index (χ4v) is 1.95. The van der Waals surface area contributed by atoms with E-state index >= 15 is 0 Å². The van der Waals surface area contributed by atoms with Crippen LogP contribution in [0.1, 0.15) is 16.7 Å². The lowest BCUT2D eigenvalue weighted by Crippen LogP contribution is -1.99. The molecule has 0 unspecified atom stereocenters. The molecule has 2 aromatic carbocycles. The Morgan fingerprint density at radius 2 is 1.32 bits per heavy atom. The van der Waals surface area contributed by atoms with Gasteiger partial charge in [0.05, 0.1) is 6.42 Å². The number of carbonyl (C=O) groups is 1. The highest BCUT2D eigenvalue weighted by Crippen LogP contribution is 2.07. The molecule has 0 saturated carbocycles. The third kappa shape index (κ3) is 5.63. The van der Waals surface area contributed by atoms with Crippen LogP contribution in [-0.2, 0) is 11.2 Å². The third-order valence-corrected chi connectivity index (χ3v) is 3.05. The van der Waals surface area contributed by atoms with Crippen molar-refractivity contribution in [3.63, 3.8) is 0 Å². The number of rotatable bonds is 6. The second-order valence-corrected chi connectivity index (χ2v) is 4.83. The summed E-state index contributed by atoms with van der Waals surface area (Å²) in [5.41, 5.74) is 3.03. The van der Waals surface area contributed by atoms with Crippen LogP contribution in [0.4, 0.5) is 0 Å². The van der Waals surface area contributed by atoms with E-state index in [1.165, 1.54) is 5.56 Å². The molecule has 0 saturated heterocycles. The Labute approximate surface area is 130 Å². The maximum Gasteiger partial charge on any atom is 0.307 e. The molecule has 2 heteroatoms. The van der Waals surface area contributed by atoms with Crippen molar-refractivity contribution in [1.82, 2.24) is 0 Å². The van der Waals surface area contributed by atoms with Crippen LogP contribution < -0.4 is 0 Å². The van der Waals surface area contributed by atoms with Gasteiger partial charge in [-0.25, -0.2) is 0 Å². The maximum atomic E-state index is 10.6. The molecule has 2 aromatic rings. The molecule has 0 aromatic heterocycles. The molecule has 110 valence electrons. The van der Waals surface area contributed by atoms with Gasteiger partial charge >= 0.3 is 5.97 Å². The quantitative estimate of drug-likeness (QED) is 0.790. The Kier molecular flexibility index (Phi) is 5.94. The van der Waals surface area contributed by atoms with Gasteiger partial charge in [0.1, 0.15) is 0 Å². The van der Waals surface area contributed by atoms with Crippen molar-refractivity contribution in [3.8, 4) is 0 Å². The molecule has 0 radical (unpaired) electrons. The van der Waals surface area contributed by atoms with Gasteiger partial charge < -0.3 is 5.11 Å². The van der Waals surface area contributed by atoms with Crippen molar-refractivity contribution >= 4 is 18.1 Å². The summed E-state index contributed by atoms with van der Waals surface area (Å²) in [7, 11) is 0. The zero-order valence-electron chi connectivity index (χ0n) is 12.2. The monoisotopic (exact) mass is 290 g/mol. The van der Waals surface area contributed by atoms with Gasteiger partial charge in [-0.05, 0) is 16.7 Å². The normalized spacial score (nSPS) is 11.6. The predicted molar refractivity (Wildman–Crippen MR) is 91.4 cm³/mol. The molecule has 0 aliphatic rings. The zero-order chi connectivity index (χ0) is 15.6. The first-order valence-electron chi connectivity index (χ1n) is 7.11. The van der Waals surface area contributed by atoms with Gasteiger partial charge in [0, 0.05) is 0 Å². The summed E-state index contributed by atoms with van der Waals surface area (Å²) in [6.45, 7) is 0. The third-order valence-electron chi connectivity index (χ3n) is 3.05. The average Bonchev–Trinajstić information content (AvgIpc) is 2.53. The van der Waals surface area contributed by atoms with Gasteiger partial charge in [-0.3, -0.25) is 4.79 Å². The summed E-state index contributed by atoms with van der Waals surface area (Å²) >= 11 is 0. The van der Waals surface area contributed by atoms with Crippen molar-refractivity contribution in [3.05, 3.63) is 95.6 Å². The van der Waals surface area contributed by atoms with Gasteiger partial charge in [0.2, 0.25) is 0 Å². The first-order chi connectivity index (χ1) is 10.7. The lowest BCUT2D eigenvalue weighted by Gasteiger charge is -1.97. The molecule has 0 fully saturated rings. The Balaban J connectivity index is 1.85. The standard InChI is InChI=1S/C20H18O2/c21-20(22)16-19-14-12-18(13-15-19)11-5-2-1-4-8-17-9-6-3-7-10-17/h1-15H,16H2,(H,21,22)/b2-1+,8-4+,11-5+. The number of hydrogen-bond donors (Lipinski definition) is 1. The number of allylic oxidation sites excluding steroid dienone is 4. The zero-order valence-corrected chi connectivity index (χ0v) is 12.2. The molecule has 0 aliphatic carbocycles. The minimum Gasteiger partial charge on any atom is -0.481 e. The minimum atomic E-state index is -0.809. The lowest BCUT2D eigenvalue weighted by molar-refractivity contribution is -0.136. The van der Waals surface area contributed by atoms with E-state index in [0.717, 1.165) is 11.1 Å². The van der Waals surface area contributed by atoms with E-state index in [1.807, 2.05) is 78.9 Å².